The van der Waals surface area contributed by atoms with Crippen LogP contribution in [0.25, 0.3) is 0 Å². The van der Waals surface area contributed by atoms with Crippen LogP contribution in [0.4, 0.5) is 0 Å². The van der Waals surface area contributed by atoms with E-state index in [0.717, 1.165) is 6.29 Å². The van der Waals surface area contributed by atoms with Crippen LogP contribution in [0.2, 0.25) is 0 Å². The first-order chi connectivity index (χ1) is 6.72. The van der Waals surface area contributed by atoms with Crippen molar-refractivity contribution in [2.75, 3.05) is 0 Å². The largest absolute Gasteiger partial charge is 0.481 e. The smallest absolute Gasteiger partial charge is 0.315 e. The molecule has 0 saturated heterocycles. The molecule has 1 N–H and O–H groups in total. The average molecular weight is 188 g/mol. The molecule has 0 bridgehead atoms. The Morgan fingerprint density at radius 1 is 1.36 bits per heavy atom. The zero-order valence-electron chi connectivity index (χ0n) is 7.36. The van der Waals surface area contributed by atoms with Crippen molar-refractivity contribution in [1.29, 1.82) is 0 Å². The molecule has 3 nitrogen and oxygen atoms in total. The highest BCUT2D eigenvalue weighted by molar-refractivity contribution is 5.75. The predicted molar refractivity (Wildman–Crippen MR) is 51.0 cm³/mol. The summed E-state index contributed by atoms with van der Waals surface area (Å²) in [7, 11) is 0. The standard InChI is InChI=1S/C11H8O3/c12-8-10-6-4-9(5-7-10)2-1-3-11(13)14/h4-8H,3H2,(H,13,14). The molecule has 3 heteroatoms. The van der Waals surface area contributed by atoms with Crippen LogP contribution in [0, 0.1) is 11.8 Å². The summed E-state index contributed by atoms with van der Waals surface area (Å²) in [5.74, 6) is 4.24. The first-order valence-electron chi connectivity index (χ1n) is 3.98. The van der Waals surface area contributed by atoms with Gasteiger partial charge in [0.15, 0.2) is 0 Å². The lowest BCUT2D eigenvalue weighted by Gasteiger charge is -1.90. The molecule has 0 aliphatic heterocycles. The van der Waals surface area contributed by atoms with Gasteiger partial charge in [0.2, 0.25) is 0 Å². The van der Waals surface area contributed by atoms with Crippen molar-refractivity contribution in [2.24, 2.45) is 0 Å². The van der Waals surface area contributed by atoms with Crippen LogP contribution in [0.1, 0.15) is 22.3 Å². The first-order valence-corrected chi connectivity index (χ1v) is 3.98. The molecular weight excluding hydrogens is 180 g/mol. The summed E-state index contributed by atoms with van der Waals surface area (Å²) in [6.45, 7) is 0. The Kier molecular flexibility index (Phi) is 3.45. The van der Waals surface area contributed by atoms with Crippen LogP contribution >= 0.6 is 0 Å². The third-order valence-corrected chi connectivity index (χ3v) is 1.52. The molecule has 1 rings (SSSR count). The second-order valence-electron chi connectivity index (χ2n) is 2.61. The van der Waals surface area contributed by atoms with Gasteiger partial charge in [-0.3, -0.25) is 9.59 Å². The number of carboxylic acid groups (broad SMARTS) is 1. The maximum Gasteiger partial charge on any atom is 0.315 e. The summed E-state index contributed by atoms with van der Waals surface area (Å²) in [4.78, 5) is 20.4. The molecule has 0 spiro atoms. The van der Waals surface area contributed by atoms with Gasteiger partial charge in [0, 0.05) is 11.1 Å². The van der Waals surface area contributed by atoms with Gasteiger partial charge >= 0.3 is 5.97 Å². The van der Waals surface area contributed by atoms with Gasteiger partial charge in [-0.2, -0.15) is 0 Å². The lowest BCUT2D eigenvalue weighted by molar-refractivity contribution is -0.135. The molecule has 0 aliphatic rings. The third kappa shape index (κ3) is 3.11. The van der Waals surface area contributed by atoms with Gasteiger partial charge in [0.25, 0.3) is 0 Å². The van der Waals surface area contributed by atoms with Gasteiger partial charge in [0.05, 0.1) is 0 Å². The number of aliphatic carboxylic acids is 1. The number of aldehydes is 1. The molecule has 1 aromatic carbocycles. The molecule has 0 unspecified atom stereocenters. The predicted octanol–water partition coefficient (Wildman–Crippen LogP) is 1.33. The Morgan fingerprint density at radius 2 is 2.00 bits per heavy atom. The summed E-state index contributed by atoms with van der Waals surface area (Å²) < 4.78 is 0. The highest BCUT2D eigenvalue weighted by Gasteiger charge is 1.91. The quantitative estimate of drug-likeness (QED) is 0.562. The lowest BCUT2D eigenvalue weighted by atomic mass is 10.1. The van der Waals surface area contributed by atoms with Crippen LogP contribution in [0.3, 0.4) is 0 Å². The van der Waals surface area contributed by atoms with E-state index < -0.39 is 5.97 Å². The molecule has 0 fully saturated rings. The maximum absolute atomic E-state index is 10.3. The summed E-state index contributed by atoms with van der Waals surface area (Å²) >= 11 is 0. The van der Waals surface area contributed by atoms with Crippen molar-refractivity contribution in [3.63, 3.8) is 0 Å². The molecule has 0 aromatic heterocycles. The molecule has 14 heavy (non-hydrogen) atoms. The van der Waals surface area contributed by atoms with Gasteiger partial charge in [-0.15, -0.1) is 0 Å². The van der Waals surface area contributed by atoms with Gasteiger partial charge in [-0.25, -0.2) is 0 Å². The van der Waals surface area contributed by atoms with E-state index in [1.807, 2.05) is 0 Å². The van der Waals surface area contributed by atoms with Crippen molar-refractivity contribution in [3.05, 3.63) is 35.4 Å². The summed E-state index contributed by atoms with van der Waals surface area (Å²) in [6, 6.07) is 6.63. The maximum atomic E-state index is 10.3. The number of carboxylic acids is 1. The Morgan fingerprint density at radius 3 is 2.50 bits per heavy atom. The Bertz CT molecular complexity index is 393. The number of hydrogen-bond donors (Lipinski definition) is 1. The highest BCUT2D eigenvalue weighted by Crippen LogP contribution is 2.00. The van der Waals surface area contributed by atoms with Crippen LogP contribution in [-0.2, 0) is 4.79 Å². The second kappa shape index (κ2) is 4.83. The van der Waals surface area contributed by atoms with E-state index in [1.54, 1.807) is 24.3 Å². The fourth-order valence-corrected chi connectivity index (χ4v) is 0.867. The molecule has 0 saturated carbocycles. The zero-order valence-corrected chi connectivity index (χ0v) is 7.36. The molecule has 0 amide bonds. The Balaban J connectivity index is 2.71. The van der Waals surface area contributed by atoms with Crippen LogP contribution < -0.4 is 0 Å². The number of rotatable bonds is 2. The third-order valence-electron chi connectivity index (χ3n) is 1.52. The summed E-state index contributed by atoms with van der Waals surface area (Å²) in [5.41, 5.74) is 1.28. The van der Waals surface area contributed by atoms with E-state index >= 15 is 0 Å². The van der Waals surface area contributed by atoms with Gasteiger partial charge < -0.3 is 5.11 Å². The van der Waals surface area contributed by atoms with Gasteiger partial charge in [0.1, 0.15) is 12.7 Å². The average Bonchev–Trinajstić information content (AvgIpc) is 2.18. The molecule has 0 atom stereocenters. The first kappa shape index (κ1) is 10.0. The van der Waals surface area contributed by atoms with Crippen molar-refractivity contribution in [3.8, 4) is 11.8 Å². The lowest BCUT2D eigenvalue weighted by Crippen LogP contribution is -1.90. The van der Waals surface area contributed by atoms with Crippen LogP contribution in [0.15, 0.2) is 24.3 Å². The molecule has 0 heterocycles. The normalized spacial score (nSPS) is 8.57. The minimum absolute atomic E-state index is 0.171. The van der Waals surface area contributed by atoms with Crippen molar-refractivity contribution in [2.45, 2.75) is 6.42 Å². The SMILES string of the molecule is O=Cc1ccc(C#CCC(=O)O)cc1. The molecule has 1 aromatic rings. The monoisotopic (exact) mass is 188 g/mol. The minimum atomic E-state index is -0.943. The molecular formula is C11H8O3. The minimum Gasteiger partial charge on any atom is -0.481 e. The summed E-state index contributed by atoms with van der Waals surface area (Å²) in [5, 5.41) is 8.32. The second-order valence-corrected chi connectivity index (χ2v) is 2.61. The molecule has 70 valence electrons. The summed E-state index contributed by atoms with van der Waals surface area (Å²) in [6.07, 6.45) is 0.573. The molecule has 0 radical (unpaired) electrons. The van der Waals surface area contributed by atoms with Gasteiger partial charge in [-0.05, 0) is 12.1 Å². The van der Waals surface area contributed by atoms with Crippen LogP contribution in [0.5, 0.6) is 0 Å². The van der Waals surface area contributed by atoms with E-state index in [4.69, 9.17) is 5.11 Å². The highest BCUT2D eigenvalue weighted by atomic mass is 16.4. The fourth-order valence-electron chi connectivity index (χ4n) is 0.867. The topological polar surface area (TPSA) is 54.4 Å². The number of carbonyl (C=O) groups excluding carboxylic acids is 1. The Hall–Kier alpha value is -2.08. The molecule has 0 aliphatic carbocycles. The van der Waals surface area contributed by atoms with E-state index in [9.17, 15) is 9.59 Å². The number of carbonyl (C=O) groups is 2. The van der Waals surface area contributed by atoms with Crippen molar-refractivity contribution < 1.29 is 14.7 Å². The number of benzene rings is 1. The van der Waals surface area contributed by atoms with Gasteiger partial charge in [-0.1, -0.05) is 24.0 Å². The van der Waals surface area contributed by atoms with Crippen LogP contribution in [-0.4, -0.2) is 17.4 Å². The zero-order chi connectivity index (χ0) is 10.4. The van der Waals surface area contributed by atoms with Crippen molar-refractivity contribution in [1.82, 2.24) is 0 Å². The van der Waals surface area contributed by atoms with E-state index in [1.165, 1.54) is 0 Å². The number of hydrogen-bond acceptors (Lipinski definition) is 2. The van der Waals surface area contributed by atoms with E-state index in [2.05, 4.69) is 11.8 Å². The van der Waals surface area contributed by atoms with Crippen molar-refractivity contribution >= 4 is 12.3 Å². The van der Waals surface area contributed by atoms with E-state index in [-0.39, 0.29) is 6.42 Å². The fraction of sp³-hybridized carbons (Fsp3) is 0.0909. The Labute approximate surface area is 81.4 Å². The van der Waals surface area contributed by atoms with E-state index in [0.29, 0.717) is 11.1 Å².